The van der Waals surface area contributed by atoms with Crippen molar-refractivity contribution in [1.82, 2.24) is 4.98 Å². The Labute approximate surface area is 122 Å². The molecular formula is C16H18N2O3. The van der Waals surface area contributed by atoms with E-state index in [9.17, 15) is 5.11 Å². The number of benzene rings is 1. The Hall–Kier alpha value is -2.01. The highest BCUT2D eigenvalue weighted by molar-refractivity contribution is 5.94. The van der Waals surface area contributed by atoms with Crippen LogP contribution in [0.2, 0.25) is 0 Å². The lowest BCUT2D eigenvalue weighted by Gasteiger charge is -2.29. The number of ether oxygens (including phenoxy) is 2. The van der Waals surface area contributed by atoms with Gasteiger partial charge in [-0.3, -0.25) is 0 Å². The number of hydrogen-bond donors (Lipinski definition) is 2. The molecule has 2 unspecified atom stereocenters. The van der Waals surface area contributed by atoms with Crippen LogP contribution in [0, 0.1) is 0 Å². The number of pyridine rings is 1. The molecule has 2 heterocycles. The molecule has 4 rings (SSSR count). The van der Waals surface area contributed by atoms with Gasteiger partial charge in [0.2, 0.25) is 6.79 Å². The summed E-state index contributed by atoms with van der Waals surface area (Å²) in [5.74, 6) is 2.33. The monoisotopic (exact) mass is 286 g/mol. The number of rotatable bonds is 2. The van der Waals surface area contributed by atoms with Crippen molar-refractivity contribution in [2.24, 2.45) is 0 Å². The van der Waals surface area contributed by atoms with E-state index >= 15 is 0 Å². The fourth-order valence-electron chi connectivity index (χ4n) is 3.13. The molecule has 110 valence electrons. The van der Waals surface area contributed by atoms with Gasteiger partial charge in [0.05, 0.1) is 12.1 Å². The minimum absolute atomic E-state index is 0.0715. The zero-order valence-corrected chi connectivity index (χ0v) is 11.7. The normalized spacial score (nSPS) is 24.2. The minimum atomic E-state index is -0.301. The average Bonchev–Trinajstić information content (AvgIpc) is 2.95. The summed E-state index contributed by atoms with van der Waals surface area (Å²) in [5.41, 5.74) is 0. The van der Waals surface area contributed by atoms with Crippen LogP contribution in [-0.4, -0.2) is 29.0 Å². The summed E-state index contributed by atoms with van der Waals surface area (Å²) in [6.45, 7) is 0.267. The van der Waals surface area contributed by atoms with Crippen molar-refractivity contribution in [3.8, 4) is 11.5 Å². The summed E-state index contributed by atoms with van der Waals surface area (Å²) >= 11 is 0. The second kappa shape index (κ2) is 5.07. The van der Waals surface area contributed by atoms with Crippen LogP contribution < -0.4 is 14.8 Å². The topological polar surface area (TPSA) is 63.6 Å². The molecule has 0 bridgehead atoms. The van der Waals surface area contributed by atoms with Gasteiger partial charge in [-0.05, 0) is 36.4 Å². The number of aliphatic hydroxyl groups excluding tert-OH is 1. The number of fused-ring (bicyclic) bond motifs is 2. The molecule has 2 aliphatic rings. The third kappa shape index (κ3) is 2.27. The number of nitrogens with one attached hydrogen (secondary N) is 1. The predicted molar refractivity (Wildman–Crippen MR) is 79.8 cm³/mol. The average molecular weight is 286 g/mol. The zero-order chi connectivity index (χ0) is 14.2. The third-order valence-electron chi connectivity index (χ3n) is 4.31. The van der Waals surface area contributed by atoms with Gasteiger partial charge < -0.3 is 19.9 Å². The molecule has 1 aromatic carbocycles. The van der Waals surface area contributed by atoms with Gasteiger partial charge in [-0.15, -0.1) is 0 Å². The Morgan fingerprint density at radius 1 is 1.14 bits per heavy atom. The van der Waals surface area contributed by atoms with Crippen molar-refractivity contribution >= 4 is 16.6 Å². The molecule has 1 aliphatic heterocycles. The molecule has 1 aromatic heterocycles. The van der Waals surface area contributed by atoms with E-state index in [2.05, 4.69) is 10.3 Å². The van der Waals surface area contributed by atoms with E-state index in [4.69, 9.17) is 9.47 Å². The Morgan fingerprint density at radius 2 is 1.95 bits per heavy atom. The Morgan fingerprint density at radius 3 is 2.81 bits per heavy atom. The number of hydrogen-bond acceptors (Lipinski definition) is 5. The van der Waals surface area contributed by atoms with E-state index in [0.717, 1.165) is 53.8 Å². The number of aliphatic hydroxyl groups is 1. The highest BCUT2D eigenvalue weighted by Crippen LogP contribution is 2.38. The fraction of sp³-hybridized carbons (Fsp3) is 0.438. The third-order valence-corrected chi connectivity index (χ3v) is 4.31. The standard InChI is InChI=1S/C16H18N2O3/c19-13-4-2-1-3-12(13)18-16-11-8-15-14(20-9-21-15)7-10(11)5-6-17-16/h5-8,12-13,19H,1-4,9H2,(H,17,18). The van der Waals surface area contributed by atoms with Gasteiger partial charge in [0, 0.05) is 11.6 Å². The van der Waals surface area contributed by atoms with Crippen LogP contribution in [0.3, 0.4) is 0 Å². The molecule has 5 heteroatoms. The summed E-state index contributed by atoms with van der Waals surface area (Å²) in [6.07, 6.45) is 5.55. The van der Waals surface area contributed by atoms with Gasteiger partial charge in [0.15, 0.2) is 11.5 Å². The van der Waals surface area contributed by atoms with E-state index in [1.165, 1.54) is 0 Å². The van der Waals surface area contributed by atoms with Crippen LogP contribution in [-0.2, 0) is 0 Å². The molecule has 2 atom stereocenters. The number of nitrogens with zero attached hydrogens (tertiary/aromatic N) is 1. The van der Waals surface area contributed by atoms with Crippen LogP contribution in [0.4, 0.5) is 5.82 Å². The molecule has 0 saturated heterocycles. The van der Waals surface area contributed by atoms with Gasteiger partial charge in [0.1, 0.15) is 5.82 Å². The summed E-state index contributed by atoms with van der Waals surface area (Å²) in [5, 5.41) is 15.6. The summed E-state index contributed by atoms with van der Waals surface area (Å²) in [6, 6.07) is 5.96. The second-order valence-electron chi connectivity index (χ2n) is 5.69. The van der Waals surface area contributed by atoms with Crippen molar-refractivity contribution in [2.75, 3.05) is 12.1 Å². The first kappa shape index (κ1) is 12.7. The summed E-state index contributed by atoms with van der Waals surface area (Å²) in [4.78, 5) is 4.44. The van der Waals surface area contributed by atoms with Crippen molar-refractivity contribution in [3.05, 3.63) is 24.4 Å². The van der Waals surface area contributed by atoms with Crippen molar-refractivity contribution < 1.29 is 14.6 Å². The van der Waals surface area contributed by atoms with Crippen LogP contribution in [0.15, 0.2) is 24.4 Å². The summed E-state index contributed by atoms with van der Waals surface area (Å²) in [7, 11) is 0. The lowest BCUT2D eigenvalue weighted by molar-refractivity contribution is 0.116. The Balaban J connectivity index is 1.71. The van der Waals surface area contributed by atoms with Gasteiger partial charge in [-0.25, -0.2) is 4.98 Å². The molecule has 1 aliphatic carbocycles. The van der Waals surface area contributed by atoms with Crippen molar-refractivity contribution in [3.63, 3.8) is 0 Å². The minimum Gasteiger partial charge on any atom is -0.454 e. The second-order valence-corrected chi connectivity index (χ2v) is 5.69. The molecule has 0 amide bonds. The molecule has 1 saturated carbocycles. The largest absolute Gasteiger partial charge is 0.454 e. The van der Waals surface area contributed by atoms with E-state index < -0.39 is 0 Å². The molecule has 5 nitrogen and oxygen atoms in total. The highest BCUT2D eigenvalue weighted by Gasteiger charge is 2.24. The molecule has 1 fully saturated rings. The maximum Gasteiger partial charge on any atom is 0.231 e. The molecule has 21 heavy (non-hydrogen) atoms. The van der Waals surface area contributed by atoms with E-state index in [-0.39, 0.29) is 18.9 Å². The Kier molecular flexibility index (Phi) is 3.07. The van der Waals surface area contributed by atoms with Crippen LogP contribution >= 0.6 is 0 Å². The Bertz CT molecular complexity index is 674. The maximum absolute atomic E-state index is 10.1. The fourth-order valence-corrected chi connectivity index (χ4v) is 3.13. The predicted octanol–water partition coefficient (Wildman–Crippen LogP) is 2.68. The van der Waals surface area contributed by atoms with Gasteiger partial charge >= 0.3 is 0 Å². The van der Waals surface area contributed by atoms with Crippen molar-refractivity contribution in [2.45, 2.75) is 37.8 Å². The van der Waals surface area contributed by atoms with Crippen LogP contribution in [0.5, 0.6) is 11.5 Å². The van der Waals surface area contributed by atoms with E-state index in [0.29, 0.717) is 0 Å². The lowest BCUT2D eigenvalue weighted by atomic mass is 9.92. The smallest absolute Gasteiger partial charge is 0.231 e. The SMILES string of the molecule is OC1CCCCC1Nc1nccc2cc3c(cc12)OCO3. The first-order chi connectivity index (χ1) is 10.3. The number of aromatic nitrogens is 1. The quantitative estimate of drug-likeness (QED) is 0.888. The molecule has 2 aromatic rings. The highest BCUT2D eigenvalue weighted by atomic mass is 16.7. The van der Waals surface area contributed by atoms with Crippen molar-refractivity contribution in [1.29, 1.82) is 0 Å². The lowest BCUT2D eigenvalue weighted by Crippen LogP contribution is -2.36. The first-order valence-electron chi connectivity index (χ1n) is 7.44. The van der Waals surface area contributed by atoms with Crippen LogP contribution in [0.1, 0.15) is 25.7 Å². The maximum atomic E-state index is 10.1. The summed E-state index contributed by atoms with van der Waals surface area (Å²) < 4.78 is 10.9. The number of anilines is 1. The van der Waals surface area contributed by atoms with Gasteiger partial charge in [-0.2, -0.15) is 0 Å². The van der Waals surface area contributed by atoms with Crippen LogP contribution in [0.25, 0.3) is 10.8 Å². The molecule has 0 radical (unpaired) electrons. The molecular weight excluding hydrogens is 268 g/mol. The first-order valence-corrected chi connectivity index (χ1v) is 7.44. The molecule has 0 spiro atoms. The van der Waals surface area contributed by atoms with E-state index in [1.54, 1.807) is 6.20 Å². The van der Waals surface area contributed by atoms with E-state index in [1.807, 2.05) is 18.2 Å². The zero-order valence-electron chi connectivity index (χ0n) is 11.7. The van der Waals surface area contributed by atoms with Gasteiger partial charge in [-0.1, -0.05) is 12.8 Å². The molecule has 2 N–H and O–H groups in total. The van der Waals surface area contributed by atoms with Gasteiger partial charge in [0.25, 0.3) is 0 Å².